The minimum Gasteiger partial charge on any atom is -0.389 e. The van der Waals surface area contributed by atoms with Gasteiger partial charge in [-0.05, 0) is 39.8 Å². The SMILES string of the molecule is CCN(CC(C)(C)O)C(=O)c1ccc(-c2ccccc2)nc1C. The highest BCUT2D eigenvalue weighted by molar-refractivity contribution is 5.95. The second-order valence-electron chi connectivity index (χ2n) is 6.33. The molecule has 0 spiro atoms. The third-order valence-electron chi connectivity index (χ3n) is 3.63. The molecular weight excluding hydrogens is 288 g/mol. The van der Waals surface area contributed by atoms with Crippen molar-refractivity contribution in [1.29, 1.82) is 0 Å². The van der Waals surface area contributed by atoms with E-state index in [1.807, 2.05) is 56.3 Å². The van der Waals surface area contributed by atoms with E-state index in [4.69, 9.17) is 0 Å². The van der Waals surface area contributed by atoms with E-state index in [0.29, 0.717) is 24.3 Å². The van der Waals surface area contributed by atoms with Crippen LogP contribution in [0.25, 0.3) is 11.3 Å². The molecule has 0 bridgehead atoms. The van der Waals surface area contributed by atoms with Gasteiger partial charge in [-0.15, -0.1) is 0 Å². The number of nitrogens with zero attached hydrogens (tertiary/aromatic N) is 2. The van der Waals surface area contributed by atoms with Crippen molar-refractivity contribution in [1.82, 2.24) is 9.88 Å². The Labute approximate surface area is 137 Å². The van der Waals surface area contributed by atoms with Crippen molar-refractivity contribution in [2.45, 2.75) is 33.3 Å². The summed E-state index contributed by atoms with van der Waals surface area (Å²) in [5, 5.41) is 9.97. The molecule has 0 aliphatic heterocycles. The number of pyridine rings is 1. The largest absolute Gasteiger partial charge is 0.389 e. The molecule has 1 aromatic carbocycles. The predicted octanol–water partition coefficient (Wildman–Crippen LogP) is 3.29. The number of amides is 1. The number of rotatable bonds is 5. The number of aromatic nitrogens is 1. The van der Waals surface area contributed by atoms with Crippen molar-refractivity contribution in [2.24, 2.45) is 0 Å². The quantitative estimate of drug-likeness (QED) is 0.921. The molecule has 1 N–H and O–H groups in total. The average molecular weight is 312 g/mol. The van der Waals surface area contributed by atoms with Crippen molar-refractivity contribution in [3.8, 4) is 11.3 Å². The molecule has 1 aromatic heterocycles. The van der Waals surface area contributed by atoms with Crippen molar-refractivity contribution >= 4 is 5.91 Å². The van der Waals surface area contributed by atoms with Crippen LogP contribution in [0.2, 0.25) is 0 Å². The molecule has 1 heterocycles. The van der Waals surface area contributed by atoms with Gasteiger partial charge in [0.25, 0.3) is 5.91 Å². The molecule has 2 rings (SSSR count). The van der Waals surface area contributed by atoms with E-state index in [2.05, 4.69) is 4.98 Å². The normalized spacial score (nSPS) is 11.3. The van der Waals surface area contributed by atoms with E-state index in [0.717, 1.165) is 11.3 Å². The molecule has 0 saturated heterocycles. The predicted molar refractivity (Wildman–Crippen MR) is 92.3 cm³/mol. The second kappa shape index (κ2) is 6.92. The number of benzene rings is 1. The molecule has 0 aliphatic rings. The average Bonchev–Trinajstić information content (AvgIpc) is 2.52. The highest BCUT2D eigenvalue weighted by Gasteiger charge is 2.23. The van der Waals surface area contributed by atoms with E-state index in [9.17, 15) is 9.90 Å². The molecule has 4 heteroatoms. The fraction of sp³-hybridized carbons (Fsp3) is 0.368. The van der Waals surface area contributed by atoms with Crippen LogP contribution in [0.15, 0.2) is 42.5 Å². The molecule has 2 aromatic rings. The molecule has 0 radical (unpaired) electrons. The first kappa shape index (κ1) is 17.2. The number of aliphatic hydroxyl groups is 1. The molecule has 1 amide bonds. The van der Waals surface area contributed by atoms with E-state index in [1.165, 1.54) is 0 Å². The van der Waals surface area contributed by atoms with Gasteiger partial charge in [-0.25, -0.2) is 0 Å². The van der Waals surface area contributed by atoms with Crippen LogP contribution >= 0.6 is 0 Å². The summed E-state index contributed by atoms with van der Waals surface area (Å²) >= 11 is 0. The summed E-state index contributed by atoms with van der Waals surface area (Å²) in [5.41, 5.74) is 2.24. The Kier molecular flexibility index (Phi) is 5.16. The Hall–Kier alpha value is -2.20. The molecule has 0 unspecified atom stereocenters. The Morgan fingerprint density at radius 3 is 2.35 bits per heavy atom. The zero-order valence-corrected chi connectivity index (χ0v) is 14.2. The monoisotopic (exact) mass is 312 g/mol. The van der Waals surface area contributed by atoms with Crippen molar-refractivity contribution in [3.63, 3.8) is 0 Å². The minimum atomic E-state index is -0.920. The van der Waals surface area contributed by atoms with E-state index >= 15 is 0 Å². The van der Waals surface area contributed by atoms with Crippen molar-refractivity contribution in [3.05, 3.63) is 53.7 Å². The first-order chi connectivity index (χ1) is 10.8. The molecule has 4 nitrogen and oxygen atoms in total. The lowest BCUT2D eigenvalue weighted by Crippen LogP contribution is -2.42. The van der Waals surface area contributed by atoms with Gasteiger partial charge in [0.05, 0.1) is 22.6 Å². The lowest BCUT2D eigenvalue weighted by atomic mass is 10.1. The third kappa shape index (κ3) is 4.39. The minimum absolute atomic E-state index is 0.0979. The number of aryl methyl sites for hydroxylation is 1. The first-order valence-corrected chi connectivity index (χ1v) is 7.86. The van der Waals surface area contributed by atoms with Gasteiger partial charge in [0.15, 0.2) is 0 Å². The topological polar surface area (TPSA) is 53.4 Å². The Morgan fingerprint density at radius 2 is 1.83 bits per heavy atom. The second-order valence-corrected chi connectivity index (χ2v) is 6.33. The van der Waals surface area contributed by atoms with Crippen LogP contribution in [-0.4, -0.2) is 39.6 Å². The molecule has 23 heavy (non-hydrogen) atoms. The maximum Gasteiger partial charge on any atom is 0.255 e. The number of hydrogen-bond donors (Lipinski definition) is 1. The van der Waals surface area contributed by atoms with E-state index < -0.39 is 5.60 Å². The standard InChI is InChI=1S/C19H24N2O2/c1-5-21(13-19(3,4)23)18(22)16-11-12-17(20-14(16)2)15-9-7-6-8-10-15/h6-12,23H,5,13H2,1-4H3. The van der Waals surface area contributed by atoms with E-state index in [1.54, 1.807) is 18.7 Å². The molecule has 0 aliphatic carbocycles. The van der Waals surface area contributed by atoms with Crippen LogP contribution in [0.3, 0.4) is 0 Å². The summed E-state index contributed by atoms with van der Waals surface area (Å²) in [6.45, 7) is 7.99. The number of hydrogen-bond acceptors (Lipinski definition) is 3. The Bertz CT molecular complexity index is 676. The Balaban J connectivity index is 2.28. The van der Waals surface area contributed by atoms with Crippen LogP contribution in [0.4, 0.5) is 0 Å². The lowest BCUT2D eigenvalue weighted by Gasteiger charge is -2.28. The Morgan fingerprint density at radius 1 is 1.17 bits per heavy atom. The highest BCUT2D eigenvalue weighted by Crippen LogP contribution is 2.20. The third-order valence-corrected chi connectivity index (χ3v) is 3.63. The lowest BCUT2D eigenvalue weighted by molar-refractivity contribution is 0.0314. The maximum absolute atomic E-state index is 12.7. The molecule has 122 valence electrons. The van der Waals surface area contributed by atoms with Crippen molar-refractivity contribution in [2.75, 3.05) is 13.1 Å². The van der Waals surface area contributed by atoms with Gasteiger partial charge in [-0.1, -0.05) is 30.3 Å². The van der Waals surface area contributed by atoms with Gasteiger partial charge in [0, 0.05) is 18.7 Å². The summed E-state index contributed by atoms with van der Waals surface area (Å²) in [6.07, 6.45) is 0. The van der Waals surface area contributed by atoms with Crippen LogP contribution in [0, 0.1) is 6.92 Å². The van der Waals surface area contributed by atoms with Crippen LogP contribution in [0.1, 0.15) is 36.8 Å². The van der Waals surface area contributed by atoms with Gasteiger partial charge in [0.1, 0.15) is 0 Å². The van der Waals surface area contributed by atoms with Gasteiger partial charge in [-0.2, -0.15) is 0 Å². The first-order valence-electron chi connectivity index (χ1n) is 7.86. The van der Waals surface area contributed by atoms with E-state index in [-0.39, 0.29) is 5.91 Å². The number of carbonyl (C=O) groups excluding carboxylic acids is 1. The zero-order valence-electron chi connectivity index (χ0n) is 14.2. The number of carbonyl (C=O) groups is 1. The molecule has 0 atom stereocenters. The summed E-state index contributed by atoms with van der Waals surface area (Å²) in [5.74, 6) is -0.0979. The van der Waals surface area contributed by atoms with Crippen LogP contribution < -0.4 is 0 Å². The fourth-order valence-corrected chi connectivity index (χ4v) is 2.52. The van der Waals surface area contributed by atoms with Gasteiger partial charge >= 0.3 is 0 Å². The summed E-state index contributed by atoms with van der Waals surface area (Å²) in [7, 11) is 0. The fourth-order valence-electron chi connectivity index (χ4n) is 2.52. The maximum atomic E-state index is 12.7. The summed E-state index contributed by atoms with van der Waals surface area (Å²) < 4.78 is 0. The highest BCUT2D eigenvalue weighted by atomic mass is 16.3. The van der Waals surface area contributed by atoms with Crippen LogP contribution in [0.5, 0.6) is 0 Å². The van der Waals surface area contributed by atoms with Gasteiger partial charge in [-0.3, -0.25) is 9.78 Å². The van der Waals surface area contributed by atoms with Gasteiger partial charge < -0.3 is 10.0 Å². The molecule has 0 saturated carbocycles. The number of likely N-dealkylation sites (N-methyl/N-ethyl adjacent to an activating group) is 1. The summed E-state index contributed by atoms with van der Waals surface area (Å²) in [6, 6.07) is 13.6. The van der Waals surface area contributed by atoms with Crippen molar-refractivity contribution < 1.29 is 9.90 Å². The molecular formula is C19H24N2O2. The summed E-state index contributed by atoms with van der Waals surface area (Å²) in [4.78, 5) is 18.9. The smallest absolute Gasteiger partial charge is 0.255 e. The van der Waals surface area contributed by atoms with Crippen LogP contribution in [-0.2, 0) is 0 Å². The molecule has 0 fully saturated rings. The zero-order chi connectivity index (χ0) is 17.0. The van der Waals surface area contributed by atoms with Gasteiger partial charge in [0.2, 0.25) is 0 Å².